The molecule has 6 nitrogen and oxygen atoms in total. The van der Waals surface area contributed by atoms with Gasteiger partial charge in [0.25, 0.3) is 0 Å². The number of rotatable bonds is 3. The summed E-state index contributed by atoms with van der Waals surface area (Å²) < 4.78 is 11.8. The number of benzene rings is 1. The minimum atomic E-state index is -0.804. The van der Waals surface area contributed by atoms with Gasteiger partial charge in [-0.2, -0.15) is 0 Å². The second-order valence-corrected chi connectivity index (χ2v) is 8.46. The van der Waals surface area contributed by atoms with Crippen LogP contribution in [-0.4, -0.2) is 53.8 Å². The zero-order chi connectivity index (χ0) is 19.7. The van der Waals surface area contributed by atoms with Crippen molar-refractivity contribution in [3.05, 3.63) is 29.8 Å². The number of ether oxygens (including phenoxy) is 2. The molecule has 1 saturated heterocycles. The molecule has 1 N–H and O–H groups in total. The van der Waals surface area contributed by atoms with Gasteiger partial charge in [-0.15, -0.1) is 0 Å². The molecule has 1 aliphatic carbocycles. The van der Waals surface area contributed by atoms with E-state index in [2.05, 4.69) is 0 Å². The molecule has 1 aromatic carbocycles. The van der Waals surface area contributed by atoms with Gasteiger partial charge in [0.2, 0.25) is 5.91 Å². The Bertz CT molecular complexity index is 740. The number of methoxy groups -OCH3 is 1. The van der Waals surface area contributed by atoms with Gasteiger partial charge < -0.3 is 19.5 Å². The summed E-state index contributed by atoms with van der Waals surface area (Å²) in [4.78, 5) is 26.8. The van der Waals surface area contributed by atoms with Gasteiger partial charge in [0.1, 0.15) is 11.4 Å². The molecule has 0 radical (unpaired) electrons. The first-order chi connectivity index (χ1) is 13.5. The highest BCUT2D eigenvalue weighted by Crippen LogP contribution is 2.45. The third kappa shape index (κ3) is 3.62. The topological polar surface area (TPSA) is 76.1 Å². The Morgan fingerprint density at radius 2 is 1.96 bits per heavy atom. The Labute approximate surface area is 165 Å². The van der Waals surface area contributed by atoms with E-state index in [0.29, 0.717) is 38.1 Å². The number of hydrogen-bond acceptors (Lipinski definition) is 4. The first-order valence-electron chi connectivity index (χ1n) is 10.3. The summed E-state index contributed by atoms with van der Waals surface area (Å²) >= 11 is 0. The molecular weight excluding hydrogens is 358 g/mol. The van der Waals surface area contributed by atoms with E-state index < -0.39 is 17.5 Å². The summed E-state index contributed by atoms with van der Waals surface area (Å²) in [5.74, 6) is -0.402. The molecule has 3 atom stereocenters. The van der Waals surface area contributed by atoms with E-state index in [1.165, 1.54) is 0 Å². The van der Waals surface area contributed by atoms with Gasteiger partial charge in [-0.25, -0.2) is 0 Å². The number of nitrogens with zero attached hydrogens (tertiary/aromatic N) is 1. The number of hydrogen-bond donors (Lipinski definition) is 1. The zero-order valence-electron chi connectivity index (χ0n) is 16.4. The highest BCUT2D eigenvalue weighted by Gasteiger charge is 2.46. The number of likely N-dealkylation sites (tertiary alicyclic amines) is 1. The summed E-state index contributed by atoms with van der Waals surface area (Å²) in [7, 11) is 1.72. The minimum absolute atomic E-state index is 0.0486. The Kier molecular flexibility index (Phi) is 5.32. The molecular formula is C22H29NO5. The predicted molar refractivity (Wildman–Crippen MR) is 103 cm³/mol. The van der Waals surface area contributed by atoms with E-state index in [0.717, 1.165) is 31.2 Å². The van der Waals surface area contributed by atoms with E-state index in [1.54, 1.807) is 7.11 Å². The van der Waals surface area contributed by atoms with Crippen LogP contribution in [0.25, 0.3) is 0 Å². The van der Waals surface area contributed by atoms with Gasteiger partial charge in [-0.05, 0) is 25.3 Å². The molecule has 3 aliphatic rings. The Morgan fingerprint density at radius 3 is 2.68 bits per heavy atom. The number of carboxylic acid groups (broad SMARTS) is 1. The molecule has 1 amide bonds. The van der Waals surface area contributed by atoms with Crippen LogP contribution in [0.3, 0.4) is 0 Å². The Balaban J connectivity index is 1.43. The number of carbonyl (C=O) groups is 2. The Morgan fingerprint density at radius 1 is 1.21 bits per heavy atom. The second-order valence-electron chi connectivity index (χ2n) is 8.46. The largest absolute Gasteiger partial charge is 0.487 e. The summed E-state index contributed by atoms with van der Waals surface area (Å²) in [6, 6.07) is 7.44. The summed E-state index contributed by atoms with van der Waals surface area (Å²) in [6.45, 7) is 1.25. The highest BCUT2D eigenvalue weighted by molar-refractivity contribution is 5.79. The van der Waals surface area contributed by atoms with Crippen LogP contribution in [0.2, 0.25) is 0 Å². The average Bonchev–Trinajstić information content (AvgIpc) is 2.73. The number of piperidine rings is 1. The van der Waals surface area contributed by atoms with Gasteiger partial charge in [0, 0.05) is 50.9 Å². The van der Waals surface area contributed by atoms with Crippen LogP contribution in [0.4, 0.5) is 0 Å². The Hall–Kier alpha value is -2.08. The highest BCUT2D eigenvalue weighted by atomic mass is 16.5. The van der Waals surface area contributed by atoms with Crippen LogP contribution < -0.4 is 4.74 Å². The van der Waals surface area contributed by atoms with Crippen LogP contribution >= 0.6 is 0 Å². The molecule has 2 aliphatic heterocycles. The van der Waals surface area contributed by atoms with Gasteiger partial charge in [-0.1, -0.05) is 24.6 Å². The number of para-hydroxylation sites is 1. The van der Waals surface area contributed by atoms with Crippen molar-refractivity contribution >= 4 is 11.9 Å². The minimum Gasteiger partial charge on any atom is -0.487 e. The van der Waals surface area contributed by atoms with Crippen molar-refractivity contribution in [1.82, 2.24) is 4.90 Å². The number of amides is 1. The fraction of sp³-hybridized carbons (Fsp3) is 0.636. The maximum atomic E-state index is 13.0. The zero-order valence-corrected chi connectivity index (χ0v) is 16.4. The van der Waals surface area contributed by atoms with E-state index in [9.17, 15) is 14.7 Å². The van der Waals surface area contributed by atoms with Crippen LogP contribution in [0.1, 0.15) is 56.4 Å². The lowest BCUT2D eigenvalue weighted by molar-refractivity contribution is -0.146. The van der Waals surface area contributed by atoms with Crippen molar-refractivity contribution < 1.29 is 24.2 Å². The lowest BCUT2D eigenvalue weighted by Gasteiger charge is -2.46. The van der Waals surface area contributed by atoms with Gasteiger partial charge in [0.05, 0.1) is 12.0 Å². The molecule has 6 heteroatoms. The third-order valence-corrected chi connectivity index (χ3v) is 6.79. The second kappa shape index (κ2) is 7.74. The van der Waals surface area contributed by atoms with Crippen molar-refractivity contribution in [1.29, 1.82) is 0 Å². The van der Waals surface area contributed by atoms with E-state index in [-0.39, 0.29) is 17.9 Å². The molecule has 0 aromatic heterocycles. The van der Waals surface area contributed by atoms with Gasteiger partial charge in [0.15, 0.2) is 0 Å². The third-order valence-electron chi connectivity index (χ3n) is 6.79. The SMILES string of the molecule is COC1CCCC(C(=O)N2CCC3(CC2)CC(C(=O)O)c2ccccc2O3)C1. The van der Waals surface area contributed by atoms with Gasteiger partial charge in [-0.3, -0.25) is 9.59 Å². The fourth-order valence-corrected chi connectivity index (χ4v) is 5.12. The standard InChI is InChI=1S/C22H29NO5/c1-27-16-6-4-5-15(13-16)20(24)23-11-9-22(10-12-23)14-18(21(25)26)17-7-2-3-8-19(17)28-22/h2-3,7-8,15-16,18H,4-6,9-14H2,1H3,(H,25,26). The fourth-order valence-electron chi connectivity index (χ4n) is 5.12. The van der Waals surface area contributed by atoms with E-state index in [4.69, 9.17) is 9.47 Å². The van der Waals surface area contributed by atoms with Gasteiger partial charge >= 0.3 is 5.97 Å². The van der Waals surface area contributed by atoms with Crippen molar-refractivity contribution in [3.63, 3.8) is 0 Å². The van der Waals surface area contributed by atoms with Crippen LogP contribution in [-0.2, 0) is 14.3 Å². The number of carboxylic acids is 1. The van der Waals surface area contributed by atoms with E-state index in [1.807, 2.05) is 29.2 Å². The molecule has 0 bridgehead atoms. The summed E-state index contributed by atoms with van der Waals surface area (Å²) in [6.07, 6.45) is 5.83. The van der Waals surface area contributed by atoms with E-state index >= 15 is 0 Å². The van der Waals surface area contributed by atoms with Crippen molar-refractivity contribution in [2.45, 2.75) is 62.6 Å². The predicted octanol–water partition coefficient (Wildman–Crippen LogP) is 3.20. The number of carbonyl (C=O) groups excluding carboxylic acids is 1. The van der Waals surface area contributed by atoms with Crippen LogP contribution in [0.5, 0.6) is 5.75 Å². The first kappa shape index (κ1) is 19.2. The summed E-state index contributed by atoms with van der Waals surface area (Å²) in [5, 5.41) is 9.73. The molecule has 1 aromatic rings. The smallest absolute Gasteiger partial charge is 0.311 e. The molecule has 152 valence electrons. The molecule has 3 unspecified atom stereocenters. The molecule has 4 rings (SSSR count). The molecule has 2 heterocycles. The lowest BCUT2D eigenvalue weighted by Crippen LogP contribution is -2.53. The summed E-state index contributed by atoms with van der Waals surface area (Å²) in [5.41, 5.74) is 0.266. The van der Waals surface area contributed by atoms with Crippen molar-refractivity contribution in [2.75, 3.05) is 20.2 Å². The van der Waals surface area contributed by atoms with Crippen molar-refractivity contribution in [3.8, 4) is 5.75 Å². The monoisotopic (exact) mass is 387 g/mol. The maximum absolute atomic E-state index is 13.0. The normalized spacial score (nSPS) is 29.0. The average molecular weight is 387 g/mol. The van der Waals surface area contributed by atoms with Crippen molar-refractivity contribution in [2.24, 2.45) is 5.92 Å². The van der Waals surface area contributed by atoms with Crippen LogP contribution in [0, 0.1) is 5.92 Å². The first-order valence-corrected chi connectivity index (χ1v) is 10.3. The lowest BCUT2D eigenvalue weighted by atomic mass is 9.77. The maximum Gasteiger partial charge on any atom is 0.311 e. The molecule has 1 spiro atoms. The number of fused-ring (bicyclic) bond motifs is 1. The van der Waals surface area contributed by atoms with Crippen LogP contribution in [0.15, 0.2) is 24.3 Å². The molecule has 28 heavy (non-hydrogen) atoms. The molecule has 1 saturated carbocycles. The number of aliphatic carboxylic acids is 1. The molecule has 2 fully saturated rings. The quantitative estimate of drug-likeness (QED) is 0.862.